The van der Waals surface area contributed by atoms with Crippen LogP contribution < -0.4 is 9.64 Å². The fourth-order valence-electron chi connectivity index (χ4n) is 2.79. The smallest absolute Gasteiger partial charge is 0.227 e. The molecule has 0 spiro atoms. The minimum absolute atomic E-state index is 0.174. The highest BCUT2D eigenvalue weighted by Crippen LogP contribution is 2.31. The predicted molar refractivity (Wildman–Crippen MR) is 80.5 cm³/mol. The lowest BCUT2D eigenvalue weighted by atomic mass is 9.90. The molecular weight excluding hydrogens is 266 g/mol. The highest BCUT2D eigenvalue weighted by molar-refractivity contribution is 5.94. The van der Waals surface area contributed by atoms with Crippen molar-refractivity contribution in [3.05, 3.63) is 42.2 Å². The summed E-state index contributed by atoms with van der Waals surface area (Å²) in [6.45, 7) is 0.705. The Kier molecular flexibility index (Phi) is 3.64. The molecule has 5 heteroatoms. The molecular formula is C16H19N3O2. The van der Waals surface area contributed by atoms with Gasteiger partial charge in [0.05, 0.1) is 19.0 Å². The lowest BCUT2D eigenvalue weighted by Gasteiger charge is -2.32. The molecule has 3 rings (SSSR count). The number of piperidine rings is 1. The predicted octanol–water partition coefficient (Wildman–Crippen LogP) is 2.34. The fraction of sp³-hybridized carbons (Fsp3) is 0.375. The number of methoxy groups -OCH3 is 1. The van der Waals surface area contributed by atoms with Crippen LogP contribution in [0.3, 0.4) is 0 Å². The Bertz CT molecular complexity index is 633. The van der Waals surface area contributed by atoms with E-state index in [-0.39, 0.29) is 5.91 Å². The van der Waals surface area contributed by atoms with E-state index in [1.165, 1.54) is 5.56 Å². The third-order valence-electron chi connectivity index (χ3n) is 4.00. The van der Waals surface area contributed by atoms with Crippen molar-refractivity contribution in [1.82, 2.24) is 9.78 Å². The van der Waals surface area contributed by atoms with Crippen molar-refractivity contribution in [2.45, 2.75) is 18.8 Å². The highest BCUT2D eigenvalue weighted by Gasteiger charge is 2.28. The summed E-state index contributed by atoms with van der Waals surface area (Å²) in [7, 11) is 3.53. The molecule has 1 aromatic heterocycles. The number of rotatable bonds is 3. The molecule has 0 saturated carbocycles. The molecule has 1 unspecified atom stereocenters. The van der Waals surface area contributed by atoms with Crippen LogP contribution in [-0.4, -0.2) is 29.3 Å². The van der Waals surface area contributed by atoms with Crippen molar-refractivity contribution in [1.29, 1.82) is 0 Å². The summed E-state index contributed by atoms with van der Waals surface area (Å²) in [5.41, 5.74) is 2.12. The molecule has 1 aliphatic heterocycles. The average molecular weight is 285 g/mol. The van der Waals surface area contributed by atoms with Crippen LogP contribution in [0.1, 0.15) is 24.3 Å². The molecule has 2 aromatic rings. The molecule has 1 amide bonds. The SMILES string of the molecule is COc1ccc(C2CCC(=O)N(c3cnn(C)c3)C2)cc1. The average Bonchev–Trinajstić information content (AvgIpc) is 2.94. The zero-order valence-electron chi connectivity index (χ0n) is 12.3. The summed E-state index contributed by atoms with van der Waals surface area (Å²) in [6.07, 6.45) is 5.09. The van der Waals surface area contributed by atoms with Gasteiger partial charge in [0, 0.05) is 32.1 Å². The van der Waals surface area contributed by atoms with Crippen LogP contribution in [0.4, 0.5) is 5.69 Å². The van der Waals surface area contributed by atoms with Gasteiger partial charge in [-0.1, -0.05) is 12.1 Å². The number of amides is 1. The van der Waals surface area contributed by atoms with Crippen LogP contribution in [0.25, 0.3) is 0 Å². The molecule has 0 aliphatic carbocycles. The van der Waals surface area contributed by atoms with Crippen molar-refractivity contribution in [2.24, 2.45) is 7.05 Å². The molecule has 0 bridgehead atoms. The Morgan fingerprint density at radius 3 is 2.67 bits per heavy atom. The maximum atomic E-state index is 12.2. The van der Waals surface area contributed by atoms with E-state index in [9.17, 15) is 4.79 Å². The van der Waals surface area contributed by atoms with Gasteiger partial charge in [0.25, 0.3) is 0 Å². The van der Waals surface area contributed by atoms with Crippen LogP contribution in [-0.2, 0) is 11.8 Å². The largest absolute Gasteiger partial charge is 0.497 e. The molecule has 1 atom stereocenters. The van der Waals surface area contributed by atoms with Crippen molar-refractivity contribution in [2.75, 3.05) is 18.6 Å². The first-order valence-electron chi connectivity index (χ1n) is 7.10. The Hall–Kier alpha value is -2.30. The van der Waals surface area contributed by atoms with Crippen molar-refractivity contribution >= 4 is 11.6 Å². The molecule has 1 saturated heterocycles. The van der Waals surface area contributed by atoms with E-state index in [0.717, 1.165) is 17.9 Å². The lowest BCUT2D eigenvalue weighted by molar-refractivity contribution is -0.119. The standard InChI is InChI=1S/C16H19N3O2/c1-18-11-14(9-17-18)19-10-13(5-8-16(19)20)12-3-6-15(21-2)7-4-12/h3-4,6-7,9,11,13H,5,8,10H2,1-2H3. The molecule has 110 valence electrons. The van der Waals surface area contributed by atoms with Gasteiger partial charge >= 0.3 is 0 Å². The number of carbonyl (C=O) groups excluding carboxylic acids is 1. The fourth-order valence-corrected chi connectivity index (χ4v) is 2.79. The van der Waals surface area contributed by atoms with E-state index in [4.69, 9.17) is 4.74 Å². The molecule has 5 nitrogen and oxygen atoms in total. The zero-order chi connectivity index (χ0) is 14.8. The summed E-state index contributed by atoms with van der Waals surface area (Å²) in [5.74, 6) is 1.39. The van der Waals surface area contributed by atoms with Gasteiger partial charge in [0.1, 0.15) is 5.75 Å². The maximum Gasteiger partial charge on any atom is 0.227 e. The van der Waals surface area contributed by atoms with Crippen LogP contribution in [0.2, 0.25) is 0 Å². The van der Waals surface area contributed by atoms with Crippen LogP contribution in [0, 0.1) is 0 Å². The first-order chi connectivity index (χ1) is 10.2. The number of aryl methyl sites for hydroxylation is 1. The number of aromatic nitrogens is 2. The number of nitrogens with zero attached hydrogens (tertiary/aromatic N) is 3. The van der Waals surface area contributed by atoms with Crippen molar-refractivity contribution in [3.63, 3.8) is 0 Å². The van der Waals surface area contributed by atoms with Gasteiger partial charge in [-0.2, -0.15) is 5.10 Å². The Balaban J connectivity index is 1.80. The first-order valence-corrected chi connectivity index (χ1v) is 7.10. The number of ether oxygens (including phenoxy) is 1. The number of anilines is 1. The van der Waals surface area contributed by atoms with E-state index in [1.807, 2.05) is 30.3 Å². The van der Waals surface area contributed by atoms with Gasteiger partial charge in [0.15, 0.2) is 0 Å². The monoisotopic (exact) mass is 285 g/mol. The van der Waals surface area contributed by atoms with E-state index in [1.54, 1.807) is 18.0 Å². The second kappa shape index (κ2) is 5.60. The molecule has 0 radical (unpaired) electrons. The van der Waals surface area contributed by atoms with Crippen LogP contribution >= 0.6 is 0 Å². The summed E-state index contributed by atoms with van der Waals surface area (Å²) in [5, 5.41) is 4.15. The zero-order valence-corrected chi connectivity index (χ0v) is 12.3. The van der Waals surface area contributed by atoms with Gasteiger partial charge in [-0.05, 0) is 24.1 Å². The Labute approximate surface area is 124 Å². The van der Waals surface area contributed by atoms with Gasteiger partial charge in [0.2, 0.25) is 5.91 Å². The van der Waals surface area contributed by atoms with Gasteiger partial charge in [-0.25, -0.2) is 0 Å². The van der Waals surface area contributed by atoms with E-state index in [0.29, 0.717) is 18.9 Å². The maximum absolute atomic E-state index is 12.2. The molecule has 1 fully saturated rings. The van der Waals surface area contributed by atoms with E-state index < -0.39 is 0 Å². The normalized spacial score (nSPS) is 18.9. The third kappa shape index (κ3) is 2.77. The van der Waals surface area contributed by atoms with Crippen molar-refractivity contribution < 1.29 is 9.53 Å². The first kappa shape index (κ1) is 13.7. The highest BCUT2D eigenvalue weighted by atomic mass is 16.5. The van der Waals surface area contributed by atoms with E-state index >= 15 is 0 Å². The lowest BCUT2D eigenvalue weighted by Crippen LogP contribution is -2.39. The van der Waals surface area contributed by atoms with Crippen LogP contribution in [0.15, 0.2) is 36.7 Å². The number of hydrogen-bond acceptors (Lipinski definition) is 3. The van der Waals surface area contributed by atoms with Gasteiger partial charge in [-0.3, -0.25) is 9.48 Å². The summed E-state index contributed by atoms with van der Waals surface area (Å²) in [4.78, 5) is 14.0. The minimum Gasteiger partial charge on any atom is -0.497 e. The van der Waals surface area contributed by atoms with Gasteiger partial charge < -0.3 is 9.64 Å². The summed E-state index contributed by atoms with van der Waals surface area (Å²) in [6, 6.07) is 8.11. The second-order valence-electron chi connectivity index (χ2n) is 5.39. The van der Waals surface area contributed by atoms with Crippen LogP contribution in [0.5, 0.6) is 5.75 Å². The van der Waals surface area contributed by atoms with Gasteiger partial charge in [-0.15, -0.1) is 0 Å². The number of carbonyl (C=O) groups is 1. The third-order valence-corrected chi connectivity index (χ3v) is 4.00. The van der Waals surface area contributed by atoms with Crippen molar-refractivity contribution in [3.8, 4) is 5.75 Å². The molecule has 1 aromatic carbocycles. The summed E-state index contributed by atoms with van der Waals surface area (Å²) < 4.78 is 6.91. The number of hydrogen-bond donors (Lipinski definition) is 0. The molecule has 2 heterocycles. The molecule has 0 N–H and O–H groups in total. The second-order valence-corrected chi connectivity index (χ2v) is 5.39. The Morgan fingerprint density at radius 1 is 1.29 bits per heavy atom. The quantitative estimate of drug-likeness (QED) is 0.869. The molecule has 21 heavy (non-hydrogen) atoms. The Morgan fingerprint density at radius 2 is 2.05 bits per heavy atom. The topological polar surface area (TPSA) is 47.4 Å². The summed E-state index contributed by atoms with van der Waals surface area (Å²) >= 11 is 0. The molecule has 1 aliphatic rings. The number of benzene rings is 1. The van der Waals surface area contributed by atoms with E-state index in [2.05, 4.69) is 17.2 Å². The minimum atomic E-state index is 0.174.